The highest BCUT2D eigenvalue weighted by Crippen LogP contribution is 2.42. The second-order valence-electron chi connectivity index (χ2n) is 9.02. The van der Waals surface area contributed by atoms with E-state index in [0.717, 1.165) is 11.3 Å². The summed E-state index contributed by atoms with van der Waals surface area (Å²) in [5.41, 5.74) is 1.05. The van der Waals surface area contributed by atoms with Gasteiger partial charge in [-0.3, -0.25) is 0 Å². The second kappa shape index (κ2) is 7.80. The lowest BCUT2D eigenvalue weighted by Crippen LogP contribution is -2.44. The van der Waals surface area contributed by atoms with Crippen molar-refractivity contribution in [1.82, 2.24) is 0 Å². The number of ether oxygens (including phenoxy) is 7. The van der Waals surface area contributed by atoms with Crippen molar-refractivity contribution in [3.05, 3.63) is 29.8 Å². The summed E-state index contributed by atoms with van der Waals surface area (Å²) < 4.78 is 41.9. The first-order chi connectivity index (χ1) is 13.6. The molecule has 3 fully saturated rings. The van der Waals surface area contributed by atoms with E-state index in [-0.39, 0.29) is 30.5 Å². The molecule has 4 rings (SSSR count). The SMILES string of the molecule is CC(C)Oc1ccc(CO[C@H]2[C@H]3OC(C)(C)O[C@@H]3O[C@@H]2[C@@H]2COC(C)(C)O2)cc1. The minimum atomic E-state index is -0.704. The molecule has 3 saturated heterocycles. The van der Waals surface area contributed by atoms with Crippen molar-refractivity contribution in [2.75, 3.05) is 6.61 Å². The molecule has 1 aromatic carbocycles. The molecule has 3 heterocycles. The van der Waals surface area contributed by atoms with Crippen LogP contribution in [0, 0.1) is 0 Å². The van der Waals surface area contributed by atoms with Gasteiger partial charge in [0.1, 0.15) is 30.2 Å². The summed E-state index contributed by atoms with van der Waals surface area (Å²) in [4.78, 5) is 0. The van der Waals surface area contributed by atoms with Gasteiger partial charge in [0.15, 0.2) is 17.9 Å². The molecule has 7 nitrogen and oxygen atoms in total. The summed E-state index contributed by atoms with van der Waals surface area (Å²) in [7, 11) is 0. The lowest BCUT2D eigenvalue weighted by Gasteiger charge is -2.29. The van der Waals surface area contributed by atoms with Gasteiger partial charge in [-0.1, -0.05) is 12.1 Å². The van der Waals surface area contributed by atoms with E-state index in [1.54, 1.807) is 0 Å². The monoisotopic (exact) mass is 408 g/mol. The molecule has 162 valence electrons. The van der Waals surface area contributed by atoms with Crippen LogP contribution in [-0.2, 0) is 35.0 Å². The van der Waals surface area contributed by atoms with Gasteiger partial charge in [-0.2, -0.15) is 0 Å². The van der Waals surface area contributed by atoms with E-state index >= 15 is 0 Å². The summed E-state index contributed by atoms with van der Waals surface area (Å²) >= 11 is 0. The zero-order chi connectivity index (χ0) is 20.8. The minimum Gasteiger partial charge on any atom is -0.491 e. The largest absolute Gasteiger partial charge is 0.491 e. The van der Waals surface area contributed by atoms with E-state index in [9.17, 15) is 0 Å². The third-order valence-corrected chi connectivity index (χ3v) is 5.16. The molecular formula is C22H32O7. The maximum Gasteiger partial charge on any atom is 0.190 e. The predicted octanol–water partition coefficient (Wildman–Crippen LogP) is 3.39. The van der Waals surface area contributed by atoms with Gasteiger partial charge in [0.25, 0.3) is 0 Å². The normalized spacial score (nSPS) is 35.2. The molecule has 0 aromatic heterocycles. The van der Waals surface area contributed by atoms with Crippen molar-refractivity contribution in [2.24, 2.45) is 0 Å². The molecule has 3 aliphatic rings. The van der Waals surface area contributed by atoms with Gasteiger partial charge in [0.05, 0.1) is 19.3 Å². The Morgan fingerprint density at radius 1 is 0.966 bits per heavy atom. The van der Waals surface area contributed by atoms with E-state index < -0.39 is 17.9 Å². The molecule has 0 N–H and O–H groups in total. The molecule has 5 atom stereocenters. The fraction of sp³-hybridized carbons (Fsp3) is 0.727. The predicted molar refractivity (Wildman–Crippen MR) is 104 cm³/mol. The average molecular weight is 408 g/mol. The highest BCUT2D eigenvalue weighted by Gasteiger charge is 2.58. The van der Waals surface area contributed by atoms with Crippen LogP contribution in [0.5, 0.6) is 5.75 Å². The van der Waals surface area contributed by atoms with E-state index in [4.69, 9.17) is 33.2 Å². The van der Waals surface area contributed by atoms with Crippen LogP contribution in [0.1, 0.15) is 47.1 Å². The minimum absolute atomic E-state index is 0.145. The number of fused-ring (bicyclic) bond motifs is 1. The van der Waals surface area contributed by atoms with Crippen molar-refractivity contribution in [3.8, 4) is 5.75 Å². The summed E-state index contributed by atoms with van der Waals surface area (Å²) in [6, 6.07) is 7.93. The van der Waals surface area contributed by atoms with Crippen LogP contribution in [0.4, 0.5) is 0 Å². The Morgan fingerprint density at radius 3 is 2.31 bits per heavy atom. The maximum atomic E-state index is 6.30. The zero-order valence-corrected chi connectivity index (χ0v) is 18.0. The van der Waals surface area contributed by atoms with Crippen LogP contribution in [0.3, 0.4) is 0 Å². The first kappa shape index (κ1) is 21.0. The lowest BCUT2D eigenvalue weighted by molar-refractivity contribution is -0.236. The molecular weight excluding hydrogens is 376 g/mol. The van der Waals surface area contributed by atoms with E-state index in [2.05, 4.69) is 0 Å². The number of hydrogen-bond donors (Lipinski definition) is 0. The lowest BCUT2D eigenvalue weighted by atomic mass is 10.1. The standard InChI is InChI=1S/C22H32O7/c1-13(2)25-15-9-7-14(8-10-15)11-23-18-17(16-12-24-21(3,4)27-16)26-20-19(18)28-22(5,6)29-20/h7-10,13,16-20H,11-12H2,1-6H3/t16-,17+,18+,19+,20-/m0/s1. The van der Waals surface area contributed by atoms with Crippen LogP contribution in [-0.4, -0.2) is 55.0 Å². The molecule has 3 aliphatic heterocycles. The Hall–Kier alpha value is -1.22. The van der Waals surface area contributed by atoms with Crippen molar-refractivity contribution < 1.29 is 33.2 Å². The van der Waals surface area contributed by atoms with Gasteiger partial charge in [-0.05, 0) is 59.2 Å². The molecule has 7 heteroatoms. The van der Waals surface area contributed by atoms with Crippen molar-refractivity contribution >= 4 is 0 Å². The van der Waals surface area contributed by atoms with Crippen LogP contribution in [0.2, 0.25) is 0 Å². The highest BCUT2D eigenvalue weighted by molar-refractivity contribution is 5.27. The molecule has 0 bridgehead atoms. The van der Waals surface area contributed by atoms with Crippen molar-refractivity contribution in [3.63, 3.8) is 0 Å². The van der Waals surface area contributed by atoms with Crippen LogP contribution < -0.4 is 4.74 Å². The molecule has 29 heavy (non-hydrogen) atoms. The van der Waals surface area contributed by atoms with E-state index in [0.29, 0.717) is 13.2 Å². The van der Waals surface area contributed by atoms with Gasteiger partial charge in [-0.25, -0.2) is 0 Å². The molecule has 1 aromatic rings. The van der Waals surface area contributed by atoms with Crippen molar-refractivity contribution in [2.45, 2.75) is 96.5 Å². The highest BCUT2D eigenvalue weighted by atomic mass is 16.8. The Labute approximate surface area is 172 Å². The first-order valence-corrected chi connectivity index (χ1v) is 10.3. The fourth-order valence-electron chi connectivity index (χ4n) is 4.00. The smallest absolute Gasteiger partial charge is 0.190 e. The Morgan fingerprint density at radius 2 is 1.69 bits per heavy atom. The van der Waals surface area contributed by atoms with Crippen LogP contribution >= 0.6 is 0 Å². The Bertz CT molecular complexity index is 700. The number of benzene rings is 1. The summed E-state index contributed by atoms with van der Waals surface area (Å²) in [5, 5.41) is 0. The summed E-state index contributed by atoms with van der Waals surface area (Å²) in [6.07, 6.45) is -1.54. The van der Waals surface area contributed by atoms with Gasteiger partial charge in [0.2, 0.25) is 0 Å². The third-order valence-electron chi connectivity index (χ3n) is 5.16. The second-order valence-corrected chi connectivity index (χ2v) is 9.02. The molecule has 0 unspecified atom stereocenters. The van der Waals surface area contributed by atoms with Crippen molar-refractivity contribution in [1.29, 1.82) is 0 Å². The Balaban J connectivity index is 1.44. The zero-order valence-electron chi connectivity index (χ0n) is 18.0. The molecule has 0 aliphatic carbocycles. The topological polar surface area (TPSA) is 64.6 Å². The van der Waals surface area contributed by atoms with Gasteiger partial charge in [0, 0.05) is 0 Å². The van der Waals surface area contributed by atoms with Gasteiger partial charge >= 0.3 is 0 Å². The van der Waals surface area contributed by atoms with Crippen LogP contribution in [0.25, 0.3) is 0 Å². The number of rotatable bonds is 6. The van der Waals surface area contributed by atoms with Gasteiger partial charge in [-0.15, -0.1) is 0 Å². The quantitative estimate of drug-likeness (QED) is 0.715. The third kappa shape index (κ3) is 4.76. The summed E-state index contributed by atoms with van der Waals surface area (Å²) in [5.74, 6) is -0.494. The van der Waals surface area contributed by atoms with E-state index in [1.807, 2.05) is 65.8 Å². The number of hydrogen-bond acceptors (Lipinski definition) is 7. The van der Waals surface area contributed by atoms with Gasteiger partial charge < -0.3 is 33.2 Å². The Kier molecular flexibility index (Phi) is 5.65. The summed E-state index contributed by atoms with van der Waals surface area (Å²) in [6.45, 7) is 12.5. The molecule has 0 spiro atoms. The van der Waals surface area contributed by atoms with E-state index in [1.165, 1.54) is 0 Å². The van der Waals surface area contributed by atoms with Crippen LogP contribution in [0.15, 0.2) is 24.3 Å². The average Bonchev–Trinajstić information content (AvgIpc) is 3.23. The molecule has 0 radical (unpaired) electrons. The molecule has 0 saturated carbocycles. The molecule has 0 amide bonds. The fourth-order valence-corrected chi connectivity index (χ4v) is 4.00. The maximum absolute atomic E-state index is 6.30. The first-order valence-electron chi connectivity index (χ1n) is 10.3.